The monoisotopic (exact) mass is 323 g/mol. The van der Waals surface area contributed by atoms with Crippen LogP contribution in [0.3, 0.4) is 0 Å². The molecule has 0 aromatic heterocycles. The highest BCUT2D eigenvalue weighted by molar-refractivity contribution is 5.81. The second-order valence-electron chi connectivity index (χ2n) is 5.98. The standard InChI is InChI=1S/C19H21N3O2/c1-2-6-15(7-3-1)12-24-22-11-10-20-19(22)21-18-14-23-13-16-8-4-5-9-17(16)18/h1-9,18H,10-14H2,(H,20,21). The SMILES string of the molecule is c1ccc(CON2CCN=C2NC2COCc3ccccc32)cc1. The molecule has 5 heteroatoms. The third-order valence-corrected chi connectivity index (χ3v) is 4.31. The number of ether oxygens (including phenoxy) is 1. The Balaban J connectivity index is 1.41. The Morgan fingerprint density at radius 2 is 1.96 bits per heavy atom. The van der Waals surface area contributed by atoms with Crippen LogP contribution in [-0.2, 0) is 22.8 Å². The molecule has 0 amide bonds. The number of hydrogen-bond acceptors (Lipinski definition) is 5. The van der Waals surface area contributed by atoms with E-state index >= 15 is 0 Å². The van der Waals surface area contributed by atoms with Crippen LogP contribution in [0, 0.1) is 0 Å². The van der Waals surface area contributed by atoms with E-state index in [1.807, 2.05) is 29.3 Å². The van der Waals surface area contributed by atoms with Crippen LogP contribution >= 0.6 is 0 Å². The Bertz CT molecular complexity index is 718. The van der Waals surface area contributed by atoms with Crippen LogP contribution in [0.5, 0.6) is 0 Å². The second-order valence-corrected chi connectivity index (χ2v) is 5.98. The quantitative estimate of drug-likeness (QED) is 0.940. The van der Waals surface area contributed by atoms with Crippen molar-refractivity contribution in [2.45, 2.75) is 19.3 Å². The number of nitrogens with one attached hydrogen (secondary N) is 1. The molecule has 4 rings (SSSR count). The lowest BCUT2D eigenvalue weighted by atomic mass is 9.99. The normalized spacial score (nSPS) is 19.8. The predicted octanol–water partition coefficient (Wildman–Crippen LogP) is 2.65. The highest BCUT2D eigenvalue weighted by Gasteiger charge is 2.25. The average Bonchev–Trinajstić information content (AvgIpc) is 3.08. The van der Waals surface area contributed by atoms with Gasteiger partial charge in [0.15, 0.2) is 0 Å². The van der Waals surface area contributed by atoms with E-state index in [0.29, 0.717) is 19.8 Å². The Labute approximate surface area is 141 Å². The molecule has 1 atom stereocenters. The summed E-state index contributed by atoms with van der Waals surface area (Å²) < 4.78 is 5.71. The zero-order chi connectivity index (χ0) is 16.2. The lowest BCUT2D eigenvalue weighted by molar-refractivity contribution is -0.106. The molecule has 0 spiro atoms. The van der Waals surface area contributed by atoms with Crippen LogP contribution in [0.15, 0.2) is 59.6 Å². The molecule has 2 aliphatic heterocycles. The lowest BCUT2D eigenvalue weighted by Crippen LogP contribution is -2.42. The van der Waals surface area contributed by atoms with Gasteiger partial charge in [0.1, 0.15) is 6.61 Å². The van der Waals surface area contributed by atoms with Crippen LogP contribution in [0.2, 0.25) is 0 Å². The number of aliphatic imine (C=N–C) groups is 1. The van der Waals surface area contributed by atoms with E-state index in [9.17, 15) is 0 Å². The van der Waals surface area contributed by atoms with Crippen molar-refractivity contribution < 1.29 is 9.57 Å². The second kappa shape index (κ2) is 7.03. The topological polar surface area (TPSA) is 46.1 Å². The number of hydrogen-bond donors (Lipinski definition) is 1. The van der Waals surface area contributed by atoms with Gasteiger partial charge in [0.05, 0.1) is 32.3 Å². The fourth-order valence-electron chi connectivity index (χ4n) is 3.06. The summed E-state index contributed by atoms with van der Waals surface area (Å²) in [5.74, 6) is 0.788. The summed E-state index contributed by atoms with van der Waals surface area (Å²) in [5.41, 5.74) is 3.66. The van der Waals surface area contributed by atoms with Gasteiger partial charge in [0.25, 0.3) is 0 Å². The largest absolute Gasteiger partial charge is 0.374 e. The van der Waals surface area contributed by atoms with Gasteiger partial charge in [-0.3, -0.25) is 4.84 Å². The number of hydroxylamine groups is 2. The molecule has 0 saturated heterocycles. The van der Waals surface area contributed by atoms with E-state index in [2.05, 4.69) is 40.6 Å². The van der Waals surface area contributed by atoms with E-state index in [4.69, 9.17) is 9.57 Å². The van der Waals surface area contributed by atoms with Crippen LogP contribution in [-0.4, -0.2) is 30.7 Å². The van der Waals surface area contributed by atoms with Crippen LogP contribution in [0.4, 0.5) is 0 Å². The summed E-state index contributed by atoms with van der Waals surface area (Å²) in [7, 11) is 0. The van der Waals surface area contributed by atoms with Crippen molar-refractivity contribution in [3.8, 4) is 0 Å². The van der Waals surface area contributed by atoms with Crippen LogP contribution in [0.1, 0.15) is 22.7 Å². The molecule has 0 aliphatic carbocycles. The fourth-order valence-corrected chi connectivity index (χ4v) is 3.06. The number of rotatable bonds is 4. The number of benzene rings is 2. The molecule has 0 saturated carbocycles. The first-order valence-electron chi connectivity index (χ1n) is 8.31. The first-order chi connectivity index (χ1) is 11.9. The zero-order valence-electron chi connectivity index (χ0n) is 13.5. The first kappa shape index (κ1) is 15.2. The molecule has 2 aromatic rings. The Hall–Kier alpha value is -2.37. The van der Waals surface area contributed by atoms with E-state index < -0.39 is 0 Å². The molecule has 0 fully saturated rings. The first-order valence-corrected chi connectivity index (χ1v) is 8.31. The van der Waals surface area contributed by atoms with E-state index in [1.54, 1.807) is 0 Å². The maximum atomic E-state index is 5.93. The molecule has 5 nitrogen and oxygen atoms in total. The van der Waals surface area contributed by atoms with E-state index in [-0.39, 0.29) is 6.04 Å². The average molecular weight is 323 g/mol. The molecular weight excluding hydrogens is 302 g/mol. The van der Waals surface area contributed by atoms with Gasteiger partial charge in [-0.2, -0.15) is 0 Å². The minimum absolute atomic E-state index is 0.106. The molecule has 1 unspecified atom stereocenters. The summed E-state index contributed by atoms with van der Waals surface area (Å²) in [6.07, 6.45) is 0. The Morgan fingerprint density at radius 3 is 2.88 bits per heavy atom. The van der Waals surface area contributed by atoms with Gasteiger partial charge in [0, 0.05) is 0 Å². The van der Waals surface area contributed by atoms with Crippen molar-refractivity contribution in [2.75, 3.05) is 19.7 Å². The number of guanidine groups is 1. The maximum absolute atomic E-state index is 5.93. The summed E-state index contributed by atoms with van der Waals surface area (Å²) in [6, 6.07) is 18.7. The Morgan fingerprint density at radius 1 is 1.12 bits per heavy atom. The van der Waals surface area contributed by atoms with Gasteiger partial charge in [-0.15, -0.1) is 0 Å². The van der Waals surface area contributed by atoms with Crippen molar-refractivity contribution in [2.24, 2.45) is 4.99 Å². The highest BCUT2D eigenvalue weighted by Crippen LogP contribution is 2.25. The van der Waals surface area contributed by atoms with Gasteiger partial charge in [-0.1, -0.05) is 54.6 Å². The van der Waals surface area contributed by atoms with Crippen molar-refractivity contribution >= 4 is 5.96 Å². The van der Waals surface area contributed by atoms with Crippen molar-refractivity contribution in [1.82, 2.24) is 10.4 Å². The third kappa shape index (κ3) is 3.27. The summed E-state index contributed by atoms with van der Waals surface area (Å²) in [6.45, 7) is 3.37. The summed E-state index contributed by atoms with van der Waals surface area (Å²) in [5, 5.41) is 5.34. The molecule has 1 N–H and O–H groups in total. The molecule has 0 radical (unpaired) electrons. The van der Waals surface area contributed by atoms with Gasteiger partial charge in [-0.05, 0) is 16.7 Å². The molecule has 124 valence electrons. The van der Waals surface area contributed by atoms with E-state index in [1.165, 1.54) is 11.1 Å². The van der Waals surface area contributed by atoms with Crippen molar-refractivity contribution in [3.05, 3.63) is 71.3 Å². The van der Waals surface area contributed by atoms with E-state index in [0.717, 1.165) is 24.6 Å². The fraction of sp³-hybridized carbons (Fsp3) is 0.316. The zero-order valence-corrected chi connectivity index (χ0v) is 13.5. The van der Waals surface area contributed by atoms with Crippen molar-refractivity contribution in [3.63, 3.8) is 0 Å². The van der Waals surface area contributed by atoms with Gasteiger partial charge in [-0.25, -0.2) is 10.1 Å². The number of nitrogens with zero attached hydrogens (tertiary/aromatic N) is 2. The molecule has 2 aromatic carbocycles. The van der Waals surface area contributed by atoms with Gasteiger partial charge in [0.2, 0.25) is 5.96 Å². The number of fused-ring (bicyclic) bond motifs is 1. The van der Waals surface area contributed by atoms with Crippen molar-refractivity contribution in [1.29, 1.82) is 0 Å². The predicted molar refractivity (Wildman–Crippen MR) is 92.2 cm³/mol. The molecule has 2 heterocycles. The Kier molecular flexibility index (Phi) is 4.44. The minimum atomic E-state index is 0.106. The third-order valence-electron chi connectivity index (χ3n) is 4.31. The van der Waals surface area contributed by atoms with Gasteiger partial charge < -0.3 is 10.1 Å². The lowest BCUT2D eigenvalue weighted by Gasteiger charge is -2.29. The molecular formula is C19H21N3O2. The molecule has 24 heavy (non-hydrogen) atoms. The van der Waals surface area contributed by atoms with Crippen LogP contribution in [0.25, 0.3) is 0 Å². The van der Waals surface area contributed by atoms with Crippen LogP contribution < -0.4 is 5.32 Å². The van der Waals surface area contributed by atoms with Gasteiger partial charge >= 0.3 is 0 Å². The maximum Gasteiger partial charge on any atom is 0.219 e. The summed E-state index contributed by atoms with van der Waals surface area (Å²) in [4.78, 5) is 10.5. The summed E-state index contributed by atoms with van der Waals surface area (Å²) >= 11 is 0. The smallest absolute Gasteiger partial charge is 0.219 e. The molecule has 2 aliphatic rings. The molecule has 0 bridgehead atoms. The minimum Gasteiger partial charge on any atom is -0.374 e. The highest BCUT2D eigenvalue weighted by atomic mass is 16.7.